The van der Waals surface area contributed by atoms with Gasteiger partial charge in [-0.05, 0) is 89.4 Å². The molecule has 0 heterocycles. The number of nitrogens with two attached hydrogens (primary N) is 1. The largest absolute Gasteiger partial charge is 0.370 e. The van der Waals surface area contributed by atoms with Crippen LogP contribution in [0.15, 0.2) is 4.99 Å². The summed E-state index contributed by atoms with van der Waals surface area (Å²) >= 11 is 0. The highest BCUT2D eigenvalue weighted by Gasteiger charge is 2.53. The predicted octanol–water partition coefficient (Wildman–Crippen LogP) is 3.29. The molecular weight excluding hydrogens is 246 g/mol. The van der Waals surface area contributed by atoms with Crippen molar-refractivity contribution in [2.45, 2.75) is 77.8 Å². The van der Waals surface area contributed by atoms with Gasteiger partial charge in [0.25, 0.3) is 0 Å². The monoisotopic (exact) mass is 277 g/mol. The summed E-state index contributed by atoms with van der Waals surface area (Å²) in [7, 11) is 0. The number of hydrogen-bond donors (Lipinski definition) is 2. The van der Waals surface area contributed by atoms with Gasteiger partial charge in [0.2, 0.25) is 0 Å². The van der Waals surface area contributed by atoms with E-state index in [0.717, 1.165) is 17.8 Å². The molecular formula is C17H31N3. The fourth-order valence-corrected chi connectivity index (χ4v) is 5.45. The summed E-state index contributed by atoms with van der Waals surface area (Å²) in [6.45, 7) is 8.69. The SMILES string of the molecule is CC(N=C(N)NC(C)(C)C)C12CC3CC(CC(C3)C1)C2. The lowest BCUT2D eigenvalue weighted by Gasteiger charge is -2.58. The van der Waals surface area contributed by atoms with Gasteiger partial charge in [-0.3, -0.25) is 0 Å². The Labute approximate surface area is 123 Å². The van der Waals surface area contributed by atoms with E-state index in [9.17, 15) is 0 Å². The van der Waals surface area contributed by atoms with E-state index in [-0.39, 0.29) is 5.54 Å². The first-order valence-electron chi connectivity index (χ1n) is 8.37. The molecule has 0 aromatic carbocycles. The number of guanidine groups is 1. The minimum absolute atomic E-state index is 0.00518. The Balaban J connectivity index is 1.73. The molecule has 4 fully saturated rings. The van der Waals surface area contributed by atoms with Crippen molar-refractivity contribution in [2.24, 2.45) is 33.9 Å². The third-order valence-electron chi connectivity index (χ3n) is 5.81. The molecule has 3 heteroatoms. The zero-order chi connectivity index (χ0) is 14.5. The van der Waals surface area contributed by atoms with Gasteiger partial charge in [0.15, 0.2) is 5.96 Å². The molecule has 0 saturated heterocycles. The first-order valence-corrected chi connectivity index (χ1v) is 8.37. The summed E-state index contributed by atoms with van der Waals surface area (Å²) in [5, 5.41) is 3.31. The molecule has 1 atom stereocenters. The maximum absolute atomic E-state index is 6.12. The van der Waals surface area contributed by atoms with Gasteiger partial charge in [0, 0.05) is 5.54 Å². The molecule has 114 valence electrons. The maximum atomic E-state index is 6.12. The highest BCUT2D eigenvalue weighted by atomic mass is 15.1. The zero-order valence-electron chi connectivity index (χ0n) is 13.6. The Bertz CT molecular complexity index is 370. The van der Waals surface area contributed by atoms with E-state index >= 15 is 0 Å². The second-order valence-corrected chi connectivity index (χ2v) is 8.85. The zero-order valence-corrected chi connectivity index (χ0v) is 13.6. The highest BCUT2D eigenvalue weighted by molar-refractivity contribution is 5.78. The molecule has 20 heavy (non-hydrogen) atoms. The van der Waals surface area contributed by atoms with Crippen LogP contribution in [-0.2, 0) is 0 Å². The van der Waals surface area contributed by atoms with Crippen LogP contribution in [0.3, 0.4) is 0 Å². The predicted molar refractivity (Wildman–Crippen MR) is 84.6 cm³/mol. The molecule has 0 radical (unpaired) electrons. The van der Waals surface area contributed by atoms with Crippen molar-refractivity contribution in [1.29, 1.82) is 0 Å². The Morgan fingerprint density at radius 1 is 1.10 bits per heavy atom. The van der Waals surface area contributed by atoms with E-state index < -0.39 is 0 Å². The Morgan fingerprint density at radius 2 is 1.55 bits per heavy atom. The summed E-state index contributed by atoms with van der Waals surface area (Å²) in [4.78, 5) is 4.84. The van der Waals surface area contributed by atoms with E-state index in [4.69, 9.17) is 10.7 Å². The Kier molecular flexibility index (Phi) is 3.30. The molecule has 4 rings (SSSR count). The number of nitrogens with zero attached hydrogens (tertiary/aromatic N) is 1. The van der Waals surface area contributed by atoms with E-state index in [1.807, 2.05) is 0 Å². The molecule has 4 aliphatic rings. The maximum Gasteiger partial charge on any atom is 0.189 e. The number of rotatable bonds is 2. The van der Waals surface area contributed by atoms with Crippen molar-refractivity contribution < 1.29 is 0 Å². The molecule has 3 nitrogen and oxygen atoms in total. The molecule has 0 amide bonds. The van der Waals surface area contributed by atoms with Gasteiger partial charge in [0.05, 0.1) is 6.04 Å². The smallest absolute Gasteiger partial charge is 0.189 e. The Morgan fingerprint density at radius 3 is 1.95 bits per heavy atom. The molecule has 1 unspecified atom stereocenters. The summed E-state index contributed by atoms with van der Waals surface area (Å²) < 4.78 is 0. The summed E-state index contributed by atoms with van der Waals surface area (Å²) in [6, 6.07) is 0.366. The molecule has 0 aromatic heterocycles. The van der Waals surface area contributed by atoms with Crippen LogP contribution in [0.2, 0.25) is 0 Å². The van der Waals surface area contributed by atoms with Gasteiger partial charge in [-0.2, -0.15) is 0 Å². The topological polar surface area (TPSA) is 50.4 Å². The van der Waals surface area contributed by atoms with Crippen LogP contribution in [0.5, 0.6) is 0 Å². The number of hydrogen-bond acceptors (Lipinski definition) is 1. The van der Waals surface area contributed by atoms with Crippen LogP contribution < -0.4 is 11.1 Å². The van der Waals surface area contributed by atoms with Crippen LogP contribution in [0, 0.1) is 23.2 Å². The van der Waals surface area contributed by atoms with Crippen LogP contribution in [0.1, 0.15) is 66.2 Å². The Hall–Kier alpha value is -0.730. The average Bonchev–Trinajstić information content (AvgIpc) is 2.23. The summed E-state index contributed by atoms with van der Waals surface area (Å²) in [5.74, 6) is 3.57. The van der Waals surface area contributed by atoms with Crippen molar-refractivity contribution in [2.75, 3.05) is 0 Å². The van der Waals surface area contributed by atoms with Crippen LogP contribution in [-0.4, -0.2) is 17.5 Å². The quantitative estimate of drug-likeness (QED) is 0.601. The van der Waals surface area contributed by atoms with Crippen molar-refractivity contribution in [1.82, 2.24) is 5.32 Å². The van der Waals surface area contributed by atoms with Crippen LogP contribution >= 0.6 is 0 Å². The normalized spacial score (nSPS) is 41.8. The first kappa shape index (κ1) is 14.2. The lowest BCUT2D eigenvalue weighted by molar-refractivity contribution is -0.0633. The minimum atomic E-state index is -0.00518. The second kappa shape index (κ2) is 4.64. The molecule has 4 aliphatic carbocycles. The highest BCUT2D eigenvalue weighted by Crippen LogP contribution is 2.61. The van der Waals surface area contributed by atoms with Gasteiger partial charge < -0.3 is 11.1 Å². The third-order valence-corrected chi connectivity index (χ3v) is 5.81. The van der Waals surface area contributed by atoms with Crippen LogP contribution in [0.4, 0.5) is 0 Å². The summed E-state index contributed by atoms with van der Waals surface area (Å²) in [6.07, 6.45) is 8.66. The second-order valence-electron chi connectivity index (χ2n) is 8.85. The average molecular weight is 277 g/mol. The van der Waals surface area contributed by atoms with Gasteiger partial charge >= 0.3 is 0 Å². The molecule has 4 bridgehead atoms. The van der Waals surface area contributed by atoms with Gasteiger partial charge in [-0.1, -0.05) is 0 Å². The molecule has 3 N–H and O–H groups in total. The van der Waals surface area contributed by atoms with E-state index in [1.54, 1.807) is 0 Å². The van der Waals surface area contributed by atoms with Crippen molar-refractivity contribution in [3.05, 3.63) is 0 Å². The van der Waals surface area contributed by atoms with E-state index in [0.29, 0.717) is 17.4 Å². The minimum Gasteiger partial charge on any atom is -0.370 e. The van der Waals surface area contributed by atoms with Crippen LogP contribution in [0.25, 0.3) is 0 Å². The standard InChI is InChI=1S/C17H31N3/c1-11(19-15(18)20-16(2,3)4)17-8-12-5-13(9-17)7-14(6-12)10-17/h11-14H,5-10H2,1-4H3,(H3,18,19,20). The van der Waals surface area contributed by atoms with Gasteiger partial charge in [-0.15, -0.1) is 0 Å². The van der Waals surface area contributed by atoms with Crippen molar-refractivity contribution in [3.8, 4) is 0 Å². The lowest BCUT2D eigenvalue weighted by atomic mass is 9.48. The van der Waals surface area contributed by atoms with E-state index in [2.05, 4.69) is 33.0 Å². The molecule has 0 aliphatic heterocycles. The van der Waals surface area contributed by atoms with Crippen molar-refractivity contribution >= 4 is 5.96 Å². The first-order chi connectivity index (χ1) is 9.26. The fourth-order valence-electron chi connectivity index (χ4n) is 5.45. The van der Waals surface area contributed by atoms with Gasteiger partial charge in [-0.25, -0.2) is 4.99 Å². The lowest BCUT2D eigenvalue weighted by Crippen LogP contribution is -2.52. The molecule has 0 spiro atoms. The fraction of sp³-hybridized carbons (Fsp3) is 0.941. The van der Waals surface area contributed by atoms with Crippen molar-refractivity contribution in [3.63, 3.8) is 0 Å². The molecule has 0 aromatic rings. The van der Waals surface area contributed by atoms with E-state index in [1.165, 1.54) is 38.5 Å². The molecule has 4 saturated carbocycles. The van der Waals surface area contributed by atoms with Gasteiger partial charge in [0.1, 0.15) is 0 Å². The summed E-state index contributed by atoms with van der Waals surface area (Å²) in [5.41, 5.74) is 6.57. The third kappa shape index (κ3) is 2.68. The number of aliphatic imine (C=N–C) groups is 1. The number of nitrogens with one attached hydrogen (secondary N) is 1.